The van der Waals surface area contributed by atoms with Crippen LogP contribution in [0.3, 0.4) is 0 Å². The van der Waals surface area contributed by atoms with Crippen molar-refractivity contribution in [1.29, 1.82) is 0 Å². The van der Waals surface area contributed by atoms with Crippen LogP contribution in [0.15, 0.2) is 30.3 Å². The quantitative estimate of drug-likeness (QED) is 0.484. The first-order chi connectivity index (χ1) is 17.4. The normalized spacial score (nSPS) is 18.3. The van der Waals surface area contributed by atoms with Gasteiger partial charge in [0.15, 0.2) is 5.65 Å². The van der Waals surface area contributed by atoms with Gasteiger partial charge in [-0.1, -0.05) is 19.8 Å². The number of hydrogen-bond donors (Lipinski definition) is 2. The highest BCUT2D eigenvalue weighted by atomic mass is 19.1. The van der Waals surface area contributed by atoms with E-state index in [1.54, 1.807) is 28.8 Å². The number of hydrazine groups is 1. The van der Waals surface area contributed by atoms with Gasteiger partial charge in [-0.2, -0.15) is 5.10 Å². The minimum Gasteiger partial charge on any atom is -0.335 e. The molecule has 1 atom stereocenters. The molecule has 3 heterocycles. The highest BCUT2D eigenvalue weighted by molar-refractivity contribution is 5.94. The first-order valence-corrected chi connectivity index (χ1v) is 13.0. The van der Waals surface area contributed by atoms with Crippen molar-refractivity contribution in [1.82, 2.24) is 30.3 Å². The highest BCUT2D eigenvalue weighted by Gasteiger charge is 2.26. The number of carbonyl (C=O) groups is 2. The number of amides is 2. The molecule has 1 aromatic carbocycles. The lowest BCUT2D eigenvalue weighted by Crippen LogP contribution is -2.38. The molecule has 0 bridgehead atoms. The topological polar surface area (TPSA) is 91.6 Å². The van der Waals surface area contributed by atoms with Crippen LogP contribution < -0.4 is 10.9 Å². The Hall–Kier alpha value is -3.33. The number of halogens is 1. The van der Waals surface area contributed by atoms with Crippen molar-refractivity contribution < 1.29 is 14.0 Å². The van der Waals surface area contributed by atoms with Crippen LogP contribution in [0.2, 0.25) is 0 Å². The van der Waals surface area contributed by atoms with Gasteiger partial charge in [-0.3, -0.25) is 15.0 Å². The van der Waals surface area contributed by atoms with Crippen molar-refractivity contribution in [2.75, 3.05) is 13.1 Å². The Morgan fingerprint density at radius 2 is 1.94 bits per heavy atom. The zero-order valence-corrected chi connectivity index (χ0v) is 20.9. The maximum atomic E-state index is 15.1. The monoisotopic (exact) mass is 492 g/mol. The van der Waals surface area contributed by atoms with Crippen molar-refractivity contribution in [2.45, 2.75) is 64.8 Å². The minimum absolute atomic E-state index is 0.0683. The Morgan fingerprint density at radius 3 is 2.69 bits per heavy atom. The molecular formula is C27H33FN6O2. The zero-order valence-electron chi connectivity index (χ0n) is 20.9. The van der Waals surface area contributed by atoms with Gasteiger partial charge in [-0.25, -0.2) is 19.3 Å². The predicted octanol–water partition coefficient (Wildman–Crippen LogP) is 4.15. The van der Waals surface area contributed by atoms with E-state index in [0.717, 1.165) is 44.5 Å². The Balaban J connectivity index is 1.40. The smallest absolute Gasteiger partial charge is 0.272 e. The summed E-state index contributed by atoms with van der Waals surface area (Å²) in [5, 5.41) is 4.58. The van der Waals surface area contributed by atoms with Crippen molar-refractivity contribution >= 4 is 17.5 Å². The van der Waals surface area contributed by atoms with Gasteiger partial charge in [0.05, 0.1) is 5.69 Å². The SMILES string of the molecule is CCc1cc(C(=O)N2CCCCCC2C)nc2cc(-c3ccc(C(=O)NNCC4CC4)cc3F)nn12. The fourth-order valence-corrected chi connectivity index (χ4v) is 4.79. The molecule has 1 unspecified atom stereocenters. The molecule has 1 aliphatic heterocycles. The van der Waals surface area contributed by atoms with E-state index >= 15 is 4.39 Å². The van der Waals surface area contributed by atoms with Crippen molar-refractivity contribution in [2.24, 2.45) is 5.92 Å². The summed E-state index contributed by atoms with van der Waals surface area (Å²) < 4.78 is 16.7. The summed E-state index contributed by atoms with van der Waals surface area (Å²) in [4.78, 5) is 32.2. The van der Waals surface area contributed by atoms with E-state index in [1.165, 1.54) is 18.9 Å². The maximum Gasteiger partial charge on any atom is 0.272 e. The highest BCUT2D eigenvalue weighted by Crippen LogP contribution is 2.27. The summed E-state index contributed by atoms with van der Waals surface area (Å²) in [5.74, 6) is -0.372. The average Bonchev–Trinajstić information content (AvgIpc) is 3.64. The number of benzene rings is 1. The molecule has 1 saturated carbocycles. The fourth-order valence-electron chi connectivity index (χ4n) is 4.79. The van der Waals surface area contributed by atoms with Gasteiger partial charge in [-0.05, 0) is 69.2 Å². The molecule has 8 nitrogen and oxygen atoms in total. The maximum absolute atomic E-state index is 15.1. The lowest BCUT2D eigenvalue weighted by molar-refractivity contribution is 0.0691. The molecule has 9 heteroatoms. The minimum atomic E-state index is -0.541. The van der Waals surface area contributed by atoms with Crippen molar-refractivity contribution in [3.63, 3.8) is 0 Å². The third kappa shape index (κ3) is 5.11. The molecule has 2 aliphatic rings. The van der Waals surface area contributed by atoms with E-state index in [2.05, 4.69) is 27.9 Å². The summed E-state index contributed by atoms with van der Waals surface area (Å²) in [6.45, 7) is 5.54. The van der Waals surface area contributed by atoms with Crippen molar-refractivity contribution in [3.8, 4) is 11.3 Å². The van der Waals surface area contributed by atoms with E-state index in [9.17, 15) is 9.59 Å². The number of likely N-dealkylation sites (tertiary alicyclic amines) is 1. The van der Waals surface area contributed by atoms with Crippen LogP contribution in [-0.4, -0.2) is 50.4 Å². The molecule has 2 fully saturated rings. The first kappa shape index (κ1) is 24.4. The fraction of sp³-hybridized carbons (Fsp3) is 0.481. The standard InChI is InChI=1S/C27H33FN6O2/c1-3-20-14-24(27(36)33-12-6-4-5-7-17(33)2)30-25-15-23(32-34(20)25)21-11-10-19(13-22(21)28)26(35)31-29-16-18-8-9-18/h10-11,13-15,17-18,29H,3-9,12,16H2,1-2H3,(H,31,35). The molecule has 1 saturated heterocycles. The largest absolute Gasteiger partial charge is 0.335 e. The van der Waals surface area contributed by atoms with Crippen LogP contribution in [0.4, 0.5) is 4.39 Å². The lowest BCUT2D eigenvalue weighted by atomic mass is 10.1. The Kier molecular flexibility index (Phi) is 7.00. The van der Waals surface area contributed by atoms with Gasteiger partial charge in [0.25, 0.3) is 11.8 Å². The molecular weight excluding hydrogens is 459 g/mol. The Morgan fingerprint density at radius 1 is 1.11 bits per heavy atom. The van der Waals surface area contributed by atoms with Crippen LogP contribution in [0.1, 0.15) is 78.9 Å². The Labute approximate surface area is 210 Å². The predicted molar refractivity (Wildman–Crippen MR) is 135 cm³/mol. The molecule has 3 aromatic rings. The van der Waals surface area contributed by atoms with E-state index < -0.39 is 5.82 Å². The van der Waals surface area contributed by atoms with E-state index in [4.69, 9.17) is 0 Å². The molecule has 190 valence electrons. The van der Waals surface area contributed by atoms with Gasteiger partial charge >= 0.3 is 0 Å². The number of carbonyl (C=O) groups excluding carboxylic acids is 2. The van der Waals surface area contributed by atoms with Gasteiger partial charge in [0, 0.05) is 42.0 Å². The van der Waals surface area contributed by atoms with Crippen LogP contribution in [0.5, 0.6) is 0 Å². The molecule has 2 N–H and O–H groups in total. The molecule has 0 radical (unpaired) electrons. The zero-order chi connectivity index (χ0) is 25.2. The Bertz CT molecular complexity index is 1280. The first-order valence-electron chi connectivity index (χ1n) is 13.0. The summed E-state index contributed by atoms with van der Waals surface area (Å²) in [7, 11) is 0. The number of hydrogen-bond acceptors (Lipinski definition) is 5. The molecule has 36 heavy (non-hydrogen) atoms. The van der Waals surface area contributed by atoms with Crippen LogP contribution in [0, 0.1) is 11.7 Å². The molecule has 0 spiro atoms. The van der Waals surface area contributed by atoms with E-state index in [-0.39, 0.29) is 29.0 Å². The lowest BCUT2D eigenvalue weighted by Gasteiger charge is -2.27. The summed E-state index contributed by atoms with van der Waals surface area (Å²) in [6.07, 6.45) is 7.25. The molecule has 1 aliphatic carbocycles. The number of fused-ring (bicyclic) bond motifs is 1. The number of rotatable bonds is 7. The molecule has 2 aromatic heterocycles. The summed E-state index contributed by atoms with van der Waals surface area (Å²) >= 11 is 0. The number of aromatic nitrogens is 3. The van der Waals surface area contributed by atoms with E-state index in [1.807, 2.05) is 11.8 Å². The van der Waals surface area contributed by atoms with E-state index in [0.29, 0.717) is 29.4 Å². The van der Waals surface area contributed by atoms with Gasteiger partial charge in [-0.15, -0.1) is 0 Å². The number of nitrogens with zero attached hydrogens (tertiary/aromatic N) is 4. The number of aryl methyl sites for hydroxylation is 1. The summed E-state index contributed by atoms with van der Waals surface area (Å²) in [6, 6.07) is 8.03. The number of nitrogens with one attached hydrogen (secondary N) is 2. The van der Waals surface area contributed by atoms with Crippen molar-refractivity contribution in [3.05, 3.63) is 53.1 Å². The van der Waals surface area contributed by atoms with Gasteiger partial charge < -0.3 is 4.90 Å². The average molecular weight is 493 g/mol. The molecule has 2 amide bonds. The third-order valence-electron chi connectivity index (χ3n) is 7.19. The third-order valence-corrected chi connectivity index (χ3v) is 7.19. The summed E-state index contributed by atoms with van der Waals surface area (Å²) in [5.41, 5.74) is 8.17. The second-order valence-electron chi connectivity index (χ2n) is 9.96. The van der Waals surface area contributed by atoms with Gasteiger partial charge in [0.1, 0.15) is 11.5 Å². The second-order valence-corrected chi connectivity index (χ2v) is 9.96. The van der Waals surface area contributed by atoms with Crippen LogP contribution in [-0.2, 0) is 6.42 Å². The van der Waals surface area contributed by atoms with Crippen LogP contribution >= 0.6 is 0 Å². The second kappa shape index (κ2) is 10.3. The van der Waals surface area contributed by atoms with Crippen LogP contribution in [0.25, 0.3) is 16.9 Å². The molecule has 5 rings (SSSR count). The van der Waals surface area contributed by atoms with Gasteiger partial charge in [0.2, 0.25) is 0 Å².